The summed E-state index contributed by atoms with van der Waals surface area (Å²) in [4.78, 5) is 13.7. The van der Waals surface area contributed by atoms with E-state index in [-0.39, 0.29) is 0 Å². The number of aromatic nitrogens is 2. The van der Waals surface area contributed by atoms with Crippen molar-refractivity contribution in [2.24, 2.45) is 0 Å². The number of nitrogens with zero attached hydrogens (tertiary/aromatic N) is 3. The minimum atomic E-state index is -0.698. The highest BCUT2D eigenvalue weighted by molar-refractivity contribution is 5.79. The smallest absolute Gasteiger partial charge is 0.324 e. The van der Waals surface area contributed by atoms with Gasteiger partial charge < -0.3 is 5.11 Å². The van der Waals surface area contributed by atoms with Crippen LogP contribution >= 0.6 is 0 Å². The maximum Gasteiger partial charge on any atom is 0.324 e. The lowest BCUT2D eigenvalue weighted by molar-refractivity contribution is -0.150. The van der Waals surface area contributed by atoms with Gasteiger partial charge in [-0.15, -0.1) is 0 Å². The van der Waals surface area contributed by atoms with Crippen molar-refractivity contribution in [3.05, 3.63) is 18.0 Å². The number of rotatable bonds is 5. The van der Waals surface area contributed by atoms with Gasteiger partial charge in [-0.1, -0.05) is 6.92 Å². The molecule has 1 aliphatic heterocycles. The van der Waals surface area contributed by atoms with Crippen LogP contribution in [0.15, 0.2) is 12.3 Å². The monoisotopic (exact) mass is 265 g/mol. The number of hydrogen-bond donors (Lipinski definition) is 1. The van der Waals surface area contributed by atoms with E-state index in [0.717, 1.165) is 25.1 Å². The van der Waals surface area contributed by atoms with Gasteiger partial charge in [0.15, 0.2) is 0 Å². The fourth-order valence-electron chi connectivity index (χ4n) is 2.90. The minimum Gasteiger partial charge on any atom is -0.480 e. The van der Waals surface area contributed by atoms with Crippen LogP contribution in [-0.4, -0.2) is 37.8 Å². The third-order valence-corrected chi connectivity index (χ3v) is 4.15. The van der Waals surface area contributed by atoms with Gasteiger partial charge in [0.25, 0.3) is 0 Å². The van der Waals surface area contributed by atoms with E-state index in [1.807, 2.05) is 23.9 Å². The van der Waals surface area contributed by atoms with Gasteiger partial charge in [0.05, 0.1) is 5.69 Å². The molecular formula is C14H23N3O2. The summed E-state index contributed by atoms with van der Waals surface area (Å²) in [5, 5.41) is 14.1. The third-order valence-electron chi connectivity index (χ3n) is 4.15. The molecule has 0 bridgehead atoms. The maximum atomic E-state index is 11.6. The molecule has 19 heavy (non-hydrogen) atoms. The van der Waals surface area contributed by atoms with Crippen LogP contribution in [0.4, 0.5) is 0 Å². The first kappa shape index (κ1) is 14.1. The zero-order valence-corrected chi connectivity index (χ0v) is 12.0. The first-order valence-corrected chi connectivity index (χ1v) is 7.02. The molecule has 0 radical (unpaired) electrons. The van der Waals surface area contributed by atoms with Gasteiger partial charge in [-0.3, -0.25) is 14.4 Å². The standard InChI is InChI=1S/C14H23N3O2/c1-4-14(13(18)19)7-5-8-16(14)10-12-6-9-17(15-12)11(2)3/h6,9,11H,4-5,7-8,10H2,1-3H3,(H,18,19). The molecule has 1 unspecified atom stereocenters. The predicted octanol–water partition coefficient (Wildman–Crippen LogP) is 2.29. The summed E-state index contributed by atoms with van der Waals surface area (Å²) in [6.07, 6.45) is 4.30. The molecule has 0 amide bonds. The second-order valence-corrected chi connectivity index (χ2v) is 5.60. The summed E-state index contributed by atoms with van der Waals surface area (Å²) < 4.78 is 1.92. The zero-order chi connectivity index (χ0) is 14.0. The van der Waals surface area contributed by atoms with E-state index in [0.29, 0.717) is 19.0 Å². The van der Waals surface area contributed by atoms with E-state index in [2.05, 4.69) is 23.8 Å². The van der Waals surface area contributed by atoms with Gasteiger partial charge in [0, 0.05) is 18.8 Å². The van der Waals surface area contributed by atoms with Crippen LogP contribution in [-0.2, 0) is 11.3 Å². The van der Waals surface area contributed by atoms with Crippen LogP contribution in [0.5, 0.6) is 0 Å². The van der Waals surface area contributed by atoms with Crippen molar-refractivity contribution in [1.29, 1.82) is 0 Å². The molecule has 106 valence electrons. The lowest BCUT2D eigenvalue weighted by Gasteiger charge is -2.33. The largest absolute Gasteiger partial charge is 0.480 e. The Bertz CT molecular complexity index is 455. The van der Waals surface area contributed by atoms with E-state index in [9.17, 15) is 9.90 Å². The number of carboxylic acid groups (broad SMARTS) is 1. The van der Waals surface area contributed by atoms with E-state index in [4.69, 9.17) is 0 Å². The highest BCUT2D eigenvalue weighted by Gasteiger charge is 2.46. The Morgan fingerprint density at radius 2 is 2.32 bits per heavy atom. The number of carbonyl (C=O) groups is 1. The first-order valence-electron chi connectivity index (χ1n) is 7.02. The molecule has 0 aliphatic carbocycles. The first-order chi connectivity index (χ1) is 8.99. The molecule has 2 rings (SSSR count). The predicted molar refractivity (Wildman–Crippen MR) is 72.9 cm³/mol. The average molecular weight is 265 g/mol. The minimum absolute atomic E-state index is 0.336. The summed E-state index contributed by atoms with van der Waals surface area (Å²) in [7, 11) is 0. The van der Waals surface area contributed by atoms with Gasteiger partial charge in [-0.05, 0) is 45.7 Å². The quantitative estimate of drug-likeness (QED) is 0.887. The topological polar surface area (TPSA) is 58.4 Å². The van der Waals surface area contributed by atoms with Crippen molar-refractivity contribution in [3.8, 4) is 0 Å². The van der Waals surface area contributed by atoms with E-state index >= 15 is 0 Å². The molecule has 1 saturated heterocycles. The molecule has 5 heteroatoms. The summed E-state index contributed by atoms with van der Waals surface area (Å²) in [6.45, 7) is 7.59. The molecule has 0 spiro atoms. The number of likely N-dealkylation sites (tertiary alicyclic amines) is 1. The Morgan fingerprint density at radius 3 is 2.84 bits per heavy atom. The Hall–Kier alpha value is -1.36. The Labute approximate surface area is 114 Å². The van der Waals surface area contributed by atoms with Crippen LogP contribution in [0, 0.1) is 0 Å². The second kappa shape index (κ2) is 5.33. The lowest BCUT2D eigenvalue weighted by atomic mass is 9.93. The number of aliphatic carboxylic acids is 1. The normalized spacial score (nSPS) is 24.2. The number of carboxylic acids is 1. The molecule has 0 saturated carbocycles. The second-order valence-electron chi connectivity index (χ2n) is 5.60. The Balaban J connectivity index is 2.14. The van der Waals surface area contributed by atoms with Crippen LogP contribution in [0.25, 0.3) is 0 Å². The molecule has 0 aromatic carbocycles. The van der Waals surface area contributed by atoms with Crippen molar-refractivity contribution >= 4 is 5.97 Å². The van der Waals surface area contributed by atoms with Crippen LogP contribution < -0.4 is 0 Å². The molecule has 1 N–H and O–H groups in total. The van der Waals surface area contributed by atoms with Crippen molar-refractivity contribution in [2.45, 2.75) is 58.2 Å². The Morgan fingerprint density at radius 1 is 1.58 bits per heavy atom. The average Bonchev–Trinajstić information content (AvgIpc) is 2.96. The van der Waals surface area contributed by atoms with Gasteiger partial charge in [-0.2, -0.15) is 5.10 Å². The molecule has 1 aromatic rings. The van der Waals surface area contributed by atoms with Crippen molar-refractivity contribution in [3.63, 3.8) is 0 Å². The van der Waals surface area contributed by atoms with Crippen molar-refractivity contribution in [1.82, 2.24) is 14.7 Å². The van der Waals surface area contributed by atoms with Crippen LogP contribution in [0.1, 0.15) is 51.8 Å². The molecule has 2 heterocycles. The van der Waals surface area contributed by atoms with Gasteiger partial charge in [0.2, 0.25) is 0 Å². The van der Waals surface area contributed by atoms with Gasteiger partial charge >= 0.3 is 5.97 Å². The maximum absolute atomic E-state index is 11.6. The molecule has 1 atom stereocenters. The lowest BCUT2D eigenvalue weighted by Crippen LogP contribution is -2.49. The molecule has 1 fully saturated rings. The Kier molecular flexibility index (Phi) is 3.94. The third kappa shape index (κ3) is 2.52. The van der Waals surface area contributed by atoms with Gasteiger partial charge in [0.1, 0.15) is 5.54 Å². The SMILES string of the molecule is CCC1(C(=O)O)CCCN1Cc1ccn(C(C)C)n1. The van der Waals surface area contributed by atoms with Crippen LogP contribution in [0.2, 0.25) is 0 Å². The van der Waals surface area contributed by atoms with Crippen molar-refractivity contribution in [2.75, 3.05) is 6.54 Å². The van der Waals surface area contributed by atoms with E-state index < -0.39 is 11.5 Å². The molecular weight excluding hydrogens is 242 g/mol. The fraction of sp³-hybridized carbons (Fsp3) is 0.714. The number of hydrogen-bond acceptors (Lipinski definition) is 3. The van der Waals surface area contributed by atoms with Crippen molar-refractivity contribution < 1.29 is 9.90 Å². The zero-order valence-electron chi connectivity index (χ0n) is 12.0. The van der Waals surface area contributed by atoms with Gasteiger partial charge in [-0.25, -0.2) is 0 Å². The fourth-order valence-corrected chi connectivity index (χ4v) is 2.90. The summed E-state index contributed by atoms with van der Waals surface area (Å²) in [5.74, 6) is -0.698. The van der Waals surface area contributed by atoms with E-state index in [1.54, 1.807) is 0 Å². The molecule has 5 nitrogen and oxygen atoms in total. The highest BCUT2D eigenvalue weighted by atomic mass is 16.4. The van der Waals surface area contributed by atoms with E-state index in [1.165, 1.54) is 0 Å². The highest BCUT2D eigenvalue weighted by Crippen LogP contribution is 2.33. The molecule has 1 aliphatic rings. The summed E-state index contributed by atoms with van der Waals surface area (Å²) >= 11 is 0. The summed E-state index contributed by atoms with van der Waals surface area (Å²) in [6, 6.07) is 2.32. The molecule has 1 aromatic heterocycles. The summed E-state index contributed by atoms with van der Waals surface area (Å²) in [5.41, 5.74) is 0.261. The van der Waals surface area contributed by atoms with Crippen LogP contribution in [0.3, 0.4) is 0 Å².